The zero-order chi connectivity index (χ0) is 7.72. The van der Waals surface area contributed by atoms with Crippen molar-refractivity contribution in [3.05, 3.63) is 14.7 Å². The highest BCUT2D eigenvalue weighted by Gasteiger charge is 2.09. The van der Waals surface area contributed by atoms with E-state index in [1.165, 1.54) is 24.3 Å². The normalized spacial score (nSPS) is 9.80. The average molecular weight is 221 g/mol. The highest BCUT2D eigenvalue weighted by molar-refractivity contribution is 9.11. The van der Waals surface area contributed by atoms with Gasteiger partial charge in [-0.25, -0.2) is 0 Å². The van der Waals surface area contributed by atoms with Gasteiger partial charge in [0.05, 0.1) is 3.79 Å². The molecular formula is C6H5BrO2S. The van der Waals surface area contributed by atoms with Crippen LogP contribution in [0.2, 0.25) is 0 Å². The molecule has 1 aromatic heterocycles. The van der Waals surface area contributed by atoms with Crippen LogP contribution in [0.5, 0.6) is 5.75 Å². The lowest BCUT2D eigenvalue weighted by atomic mass is 10.3. The second-order valence-electron chi connectivity index (χ2n) is 1.82. The number of halogens is 1. The van der Waals surface area contributed by atoms with Crippen molar-refractivity contribution in [2.45, 2.75) is 6.92 Å². The summed E-state index contributed by atoms with van der Waals surface area (Å²) in [6.07, 6.45) is 0. The molecule has 0 saturated carbocycles. The summed E-state index contributed by atoms with van der Waals surface area (Å²) in [4.78, 5) is 11.1. The van der Waals surface area contributed by atoms with Crippen LogP contribution in [0, 0.1) is 0 Å². The van der Waals surface area contributed by atoms with Gasteiger partial charge in [-0.15, -0.1) is 11.3 Å². The van der Waals surface area contributed by atoms with Crippen LogP contribution in [0.3, 0.4) is 0 Å². The van der Waals surface area contributed by atoms with Gasteiger partial charge in [0, 0.05) is 13.0 Å². The molecule has 4 heteroatoms. The molecule has 0 fully saturated rings. The van der Waals surface area contributed by atoms with Crippen LogP contribution in [0.1, 0.15) is 16.6 Å². The molecule has 1 N–H and O–H groups in total. The number of hydrogen-bond acceptors (Lipinski definition) is 3. The summed E-state index contributed by atoms with van der Waals surface area (Å²) >= 11 is 4.40. The second kappa shape index (κ2) is 2.72. The molecule has 0 amide bonds. The van der Waals surface area contributed by atoms with Crippen LogP contribution in [0.25, 0.3) is 0 Å². The van der Waals surface area contributed by atoms with Gasteiger partial charge in [-0.05, 0) is 15.9 Å². The molecule has 0 aliphatic carbocycles. The molecule has 0 saturated heterocycles. The summed E-state index contributed by atoms with van der Waals surface area (Å²) < 4.78 is 0.773. The van der Waals surface area contributed by atoms with Crippen molar-refractivity contribution in [2.75, 3.05) is 0 Å². The number of hydrogen-bond donors (Lipinski definition) is 1. The van der Waals surface area contributed by atoms with E-state index in [0.29, 0.717) is 4.88 Å². The first-order valence-corrected chi connectivity index (χ1v) is 4.21. The molecule has 1 heterocycles. The van der Waals surface area contributed by atoms with Crippen LogP contribution in [-0.2, 0) is 0 Å². The van der Waals surface area contributed by atoms with Crippen molar-refractivity contribution >= 4 is 33.0 Å². The minimum atomic E-state index is -0.104. The van der Waals surface area contributed by atoms with E-state index in [0.717, 1.165) is 3.79 Å². The number of ketones is 1. The van der Waals surface area contributed by atoms with Crippen molar-refractivity contribution in [2.24, 2.45) is 0 Å². The van der Waals surface area contributed by atoms with Crippen molar-refractivity contribution in [3.63, 3.8) is 0 Å². The second-order valence-corrected chi connectivity index (χ2v) is 4.25. The molecule has 0 atom stereocenters. The molecule has 10 heavy (non-hydrogen) atoms. The topological polar surface area (TPSA) is 37.3 Å². The minimum Gasteiger partial charge on any atom is -0.506 e. The highest BCUT2D eigenvalue weighted by atomic mass is 79.9. The van der Waals surface area contributed by atoms with Gasteiger partial charge in [-0.1, -0.05) is 0 Å². The number of rotatable bonds is 1. The van der Waals surface area contributed by atoms with Crippen LogP contribution < -0.4 is 0 Å². The van der Waals surface area contributed by atoms with Gasteiger partial charge in [0.2, 0.25) is 0 Å². The minimum absolute atomic E-state index is 0.0596. The summed E-state index contributed by atoms with van der Waals surface area (Å²) in [5.74, 6) is -0.0439. The van der Waals surface area contributed by atoms with E-state index in [4.69, 9.17) is 5.11 Å². The molecule has 0 spiro atoms. The highest BCUT2D eigenvalue weighted by Crippen LogP contribution is 2.31. The maximum Gasteiger partial charge on any atom is 0.173 e. The van der Waals surface area contributed by atoms with Gasteiger partial charge < -0.3 is 5.11 Å². The third-order valence-electron chi connectivity index (χ3n) is 1.00. The number of Topliss-reactive ketones (excluding diaryl/α,β-unsaturated/α-hetero) is 1. The monoisotopic (exact) mass is 220 g/mol. The van der Waals surface area contributed by atoms with Crippen LogP contribution >= 0.6 is 27.3 Å². The Hall–Kier alpha value is -0.350. The van der Waals surface area contributed by atoms with E-state index in [1.54, 1.807) is 0 Å². The molecule has 0 aliphatic heterocycles. The smallest absolute Gasteiger partial charge is 0.173 e. The maximum atomic E-state index is 10.7. The van der Waals surface area contributed by atoms with E-state index >= 15 is 0 Å². The van der Waals surface area contributed by atoms with E-state index in [2.05, 4.69) is 15.9 Å². The fourth-order valence-corrected chi connectivity index (χ4v) is 1.98. The first kappa shape index (κ1) is 7.75. The Morgan fingerprint density at radius 2 is 2.40 bits per heavy atom. The Bertz CT molecular complexity index is 267. The molecule has 0 aromatic carbocycles. The number of thiophene rings is 1. The number of carbonyl (C=O) groups excluding carboxylic acids is 1. The average Bonchev–Trinajstić information content (AvgIpc) is 2.10. The molecule has 0 radical (unpaired) electrons. The third kappa shape index (κ3) is 1.38. The maximum absolute atomic E-state index is 10.7. The Labute approximate surface area is 70.6 Å². The largest absolute Gasteiger partial charge is 0.506 e. The van der Waals surface area contributed by atoms with Crippen molar-refractivity contribution in [1.82, 2.24) is 0 Å². The summed E-state index contributed by atoms with van der Waals surface area (Å²) in [5, 5.41) is 9.06. The Kier molecular flexibility index (Phi) is 2.11. The fourth-order valence-electron chi connectivity index (χ4n) is 0.605. The fraction of sp³-hybridized carbons (Fsp3) is 0.167. The quantitative estimate of drug-likeness (QED) is 0.739. The lowest BCUT2D eigenvalue weighted by Gasteiger charge is -1.86. The zero-order valence-corrected chi connectivity index (χ0v) is 7.62. The van der Waals surface area contributed by atoms with Crippen LogP contribution in [-0.4, -0.2) is 10.9 Å². The van der Waals surface area contributed by atoms with Gasteiger partial charge in [0.15, 0.2) is 5.78 Å². The van der Waals surface area contributed by atoms with E-state index in [1.807, 2.05) is 0 Å². The van der Waals surface area contributed by atoms with Crippen molar-refractivity contribution < 1.29 is 9.90 Å². The molecule has 54 valence electrons. The van der Waals surface area contributed by atoms with Gasteiger partial charge in [0.25, 0.3) is 0 Å². The third-order valence-corrected chi connectivity index (χ3v) is 2.73. The van der Waals surface area contributed by atoms with Crippen molar-refractivity contribution in [1.29, 1.82) is 0 Å². The summed E-state index contributed by atoms with van der Waals surface area (Å²) in [6, 6.07) is 1.52. The van der Waals surface area contributed by atoms with Gasteiger partial charge in [0.1, 0.15) is 10.6 Å². The van der Waals surface area contributed by atoms with Gasteiger partial charge in [-0.3, -0.25) is 4.79 Å². The summed E-state index contributed by atoms with van der Waals surface area (Å²) in [6.45, 7) is 1.43. The van der Waals surface area contributed by atoms with Gasteiger partial charge in [-0.2, -0.15) is 0 Å². The lowest BCUT2D eigenvalue weighted by Crippen LogP contribution is -1.84. The number of aromatic hydroxyl groups is 1. The predicted molar refractivity (Wildman–Crippen MR) is 43.7 cm³/mol. The standard InChI is InChI=1S/C6H5BrO2S/c1-3(8)6-4(9)2-5(7)10-6/h2,9H,1H3. The molecule has 2 nitrogen and oxygen atoms in total. The molecular weight excluding hydrogens is 216 g/mol. The molecule has 0 bridgehead atoms. The predicted octanol–water partition coefficient (Wildman–Crippen LogP) is 2.42. The first-order chi connectivity index (χ1) is 4.61. The summed E-state index contributed by atoms with van der Waals surface area (Å²) in [5.41, 5.74) is 0. The Morgan fingerprint density at radius 1 is 1.80 bits per heavy atom. The van der Waals surface area contributed by atoms with E-state index < -0.39 is 0 Å². The van der Waals surface area contributed by atoms with E-state index in [9.17, 15) is 4.79 Å². The van der Waals surface area contributed by atoms with E-state index in [-0.39, 0.29) is 11.5 Å². The number of carbonyl (C=O) groups is 1. The van der Waals surface area contributed by atoms with Crippen molar-refractivity contribution in [3.8, 4) is 5.75 Å². The Morgan fingerprint density at radius 3 is 2.60 bits per heavy atom. The van der Waals surface area contributed by atoms with Crippen LogP contribution in [0.15, 0.2) is 9.85 Å². The van der Waals surface area contributed by atoms with Gasteiger partial charge >= 0.3 is 0 Å². The zero-order valence-electron chi connectivity index (χ0n) is 5.22. The molecule has 0 unspecified atom stereocenters. The molecule has 0 aliphatic rings. The van der Waals surface area contributed by atoms with Crippen LogP contribution in [0.4, 0.5) is 0 Å². The lowest BCUT2D eigenvalue weighted by molar-refractivity contribution is 0.101. The molecule has 1 aromatic rings. The first-order valence-electron chi connectivity index (χ1n) is 2.60. The Balaban J connectivity index is 3.15. The molecule has 1 rings (SSSR count). The SMILES string of the molecule is CC(=O)c1sc(Br)cc1O. The summed E-state index contributed by atoms with van der Waals surface area (Å²) in [7, 11) is 0.